The zero-order chi connectivity index (χ0) is 34.0. The third-order valence-electron chi connectivity index (χ3n) is 9.15. The SMILES string of the molecule is COC(=O)[C@@H]1Cc2ccc(C#Cc3cc(-c4nn(CCCN5CCOCC5)c5c4CN(S(C)(=O)=O)CC5)ccc3Cl)cc2CN1C(=O)O. The first-order valence-corrected chi connectivity index (χ1v) is 18.1. The van der Waals surface area contributed by atoms with Gasteiger partial charge in [-0.3, -0.25) is 14.5 Å². The van der Waals surface area contributed by atoms with Gasteiger partial charge < -0.3 is 14.6 Å². The number of aromatic nitrogens is 2. The van der Waals surface area contributed by atoms with Crippen molar-refractivity contribution in [3.63, 3.8) is 0 Å². The first-order valence-electron chi connectivity index (χ1n) is 15.9. The minimum Gasteiger partial charge on any atom is -0.467 e. The van der Waals surface area contributed by atoms with E-state index in [1.165, 1.54) is 17.7 Å². The van der Waals surface area contributed by atoms with Crippen LogP contribution in [0.2, 0.25) is 5.02 Å². The molecule has 3 aliphatic rings. The third kappa shape index (κ3) is 7.38. The van der Waals surface area contributed by atoms with Crippen LogP contribution in [-0.2, 0) is 56.8 Å². The summed E-state index contributed by atoms with van der Waals surface area (Å²) in [5.74, 6) is 5.73. The minimum atomic E-state index is -3.39. The summed E-state index contributed by atoms with van der Waals surface area (Å²) in [5.41, 5.74) is 6.33. The number of rotatable bonds is 7. The van der Waals surface area contributed by atoms with Gasteiger partial charge in [-0.15, -0.1) is 0 Å². The predicted molar refractivity (Wildman–Crippen MR) is 179 cm³/mol. The number of amides is 1. The molecule has 0 radical (unpaired) electrons. The highest BCUT2D eigenvalue weighted by atomic mass is 35.5. The lowest BCUT2D eigenvalue weighted by Gasteiger charge is -2.33. The van der Waals surface area contributed by atoms with E-state index in [4.69, 9.17) is 26.2 Å². The molecule has 12 nitrogen and oxygen atoms in total. The van der Waals surface area contributed by atoms with E-state index >= 15 is 0 Å². The molecular weight excluding hydrogens is 658 g/mol. The van der Waals surface area contributed by atoms with Crippen molar-refractivity contribution < 1.29 is 32.6 Å². The number of carbonyl (C=O) groups excluding carboxylic acids is 1. The van der Waals surface area contributed by atoms with Crippen molar-refractivity contribution in [2.45, 2.75) is 44.9 Å². The lowest BCUT2D eigenvalue weighted by Crippen LogP contribution is -2.48. The molecule has 0 unspecified atom stereocenters. The van der Waals surface area contributed by atoms with Gasteiger partial charge in [0.25, 0.3) is 0 Å². The summed E-state index contributed by atoms with van der Waals surface area (Å²) in [5, 5.41) is 15.2. The molecule has 0 aliphatic carbocycles. The van der Waals surface area contributed by atoms with Crippen molar-refractivity contribution >= 4 is 33.7 Å². The summed E-state index contributed by atoms with van der Waals surface area (Å²) in [7, 11) is -2.15. The molecule has 254 valence electrons. The number of carbonyl (C=O) groups is 2. The lowest BCUT2D eigenvalue weighted by molar-refractivity contribution is -0.146. The van der Waals surface area contributed by atoms with Crippen LogP contribution in [0.25, 0.3) is 11.3 Å². The highest BCUT2D eigenvalue weighted by molar-refractivity contribution is 7.88. The topological polar surface area (TPSA) is 135 Å². The zero-order valence-corrected chi connectivity index (χ0v) is 28.5. The minimum absolute atomic E-state index is 0.0426. The number of benzene rings is 2. The number of halogens is 1. The number of morpholine rings is 1. The molecule has 4 heterocycles. The summed E-state index contributed by atoms with van der Waals surface area (Å²) in [4.78, 5) is 27.6. The van der Waals surface area contributed by atoms with Crippen LogP contribution in [0.5, 0.6) is 0 Å². The Labute approximate surface area is 285 Å². The van der Waals surface area contributed by atoms with Gasteiger partial charge >= 0.3 is 12.1 Å². The van der Waals surface area contributed by atoms with Crippen LogP contribution in [0.3, 0.4) is 0 Å². The Hall–Kier alpha value is -3.93. The normalized spacial score (nSPS) is 18.4. The second kappa shape index (κ2) is 14.3. The quantitative estimate of drug-likeness (QED) is 0.292. The maximum Gasteiger partial charge on any atom is 0.408 e. The number of ether oxygens (including phenoxy) is 2. The van der Waals surface area contributed by atoms with E-state index in [2.05, 4.69) is 16.7 Å². The number of methoxy groups -OCH3 is 1. The van der Waals surface area contributed by atoms with Gasteiger partial charge in [-0.2, -0.15) is 9.40 Å². The van der Waals surface area contributed by atoms with E-state index in [0.717, 1.165) is 78.7 Å². The molecule has 14 heteroatoms. The highest BCUT2D eigenvalue weighted by Crippen LogP contribution is 2.33. The van der Waals surface area contributed by atoms with Crippen LogP contribution in [0.1, 0.15) is 39.9 Å². The van der Waals surface area contributed by atoms with Crippen LogP contribution in [0.4, 0.5) is 4.79 Å². The average molecular weight is 696 g/mol. The molecule has 48 heavy (non-hydrogen) atoms. The fraction of sp³-hybridized carbons (Fsp3) is 0.441. The number of hydrogen-bond acceptors (Lipinski definition) is 8. The Morgan fingerprint density at radius 2 is 1.85 bits per heavy atom. The number of aryl methyl sites for hydroxylation is 1. The van der Waals surface area contributed by atoms with Crippen molar-refractivity contribution in [2.24, 2.45) is 0 Å². The van der Waals surface area contributed by atoms with Gasteiger partial charge in [0.15, 0.2) is 0 Å². The van der Waals surface area contributed by atoms with Gasteiger partial charge in [0.05, 0.1) is 43.8 Å². The molecule has 0 spiro atoms. The number of sulfonamides is 1. The van der Waals surface area contributed by atoms with Crippen LogP contribution >= 0.6 is 11.6 Å². The summed E-state index contributed by atoms with van der Waals surface area (Å²) in [6.07, 6.45) is 1.74. The Morgan fingerprint density at radius 1 is 1.06 bits per heavy atom. The van der Waals surface area contributed by atoms with Crippen molar-refractivity contribution in [3.8, 4) is 23.1 Å². The van der Waals surface area contributed by atoms with Crippen molar-refractivity contribution in [2.75, 3.05) is 52.8 Å². The molecule has 1 amide bonds. The smallest absolute Gasteiger partial charge is 0.408 e. The van der Waals surface area contributed by atoms with Crippen molar-refractivity contribution in [1.29, 1.82) is 0 Å². The predicted octanol–water partition coefficient (Wildman–Crippen LogP) is 3.22. The maximum atomic E-state index is 12.5. The van der Waals surface area contributed by atoms with E-state index < -0.39 is 28.1 Å². The van der Waals surface area contributed by atoms with Gasteiger partial charge in [0.1, 0.15) is 6.04 Å². The van der Waals surface area contributed by atoms with Gasteiger partial charge in [0, 0.05) is 80.1 Å². The van der Waals surface area contributed by atoms with Gasteiger partial charge in [-0.1, -0.05) is 35.6 Å². The number of carboxylic acid groups (broad SMARTS) is 1. The largest absolute Gasteiger partial charge is 0.467 e. The summed E-state index contributed by atoms with van der Waals surface area (Å²) < 4.78 is 38.8. The number of hydrogen-bond donors (Lipinski definition) is 1. The maximum absolute atomic E-state index is 12.5. The molecule has 1 fully saturated rings. The van der Waals surface area contributed by atoms with Crippen molar-refractivity contribution in [3.05, 3.63) is 74.9 Å². The van der Waals surface area contributed by atoms with Crippen LogP contribution in [0.15, 0.2) is 36.4 Å². The highest BCUT2D eigenvalue weighted by Gasteiger charge is 2.35. The molecule has 6 rings (SSSR count). The second-order valence-electron chi connectivity index (χ2n) is 12.2. The molecule has 0 saturated carbocycles. The van der Waals surface area contributed by atoms with Crippen LogP contribution in [0, 0.1) is 11.8 Å². The number of fused-ring (bicyclic) bond motifs is 2. The molecule has 1 atom stereocenters. The summed E-state index contributed by atoms with van der Waals surface area (Å²) >= 11 is 6.61. The molecule has 3 aliphatic heterocycles. The van der Waals surface area contributed by atoms with Gasteiger partial charge in [0.2, 0.25) is 10.0 Å². The first-order chi connectivity index (χ1) is 23.0. The monoisotopic (exact) mass is 695 g/mol. The second-order valence-corrected chi connectivity index (χ2v) is 14.6. The third-order valence-corrected chi connectivity index (χ3v) is 10.7. The Kier molecular flexibility index (Phi) is 10.1. The van der Waals surface area contributed by atoms with E-state index in [1.807, 2.05) is 35.0 Å². The van der Waals surface area contributed by atoms with Crippen LogP contribution in [-0.4, -0.2) is 108 Å². The molecule has 0 bridgehead atoms. The Morgan fingerprint density at radius 3 is 2.58 bits per heavy atom. The summed E-state index contributed by atoms with van der Waals surface area (Å²) in [6.45, 7) is 5.69. The van der Waals surface area contributed by atoms with E-state index in [-0.39, 0.29) is 19.5 Å². The molecule has 1 saturated heterocycles. The molecular formula is C34H38ClN5O7S. The fourth-order valence-corrected chi connectivity index (χ4v) is 7.50. The van der Waals surface area contributed by atoms with Gasteiger partial charge in [-0.25, -0.2) is 18.0 Å². The van der Waals surface area contributed by atoms with Gasteiger partial charge in [-0.05, 0) is 41.8 Å². The molecule has 1 N–H and O–H groups in total. The number of nitrogens with zero attached hydrogens (tertiary/aromatic N) is 5. The number of esters is 1. The van der Waals surface area contributed by atoms with Crippen molar-refractivity contribution in [1.82, 2.24) is 23.9 Å². The fourth-order valence-electron chi connectivity index (χ4n) is 6.55. The average Bonchev–Trinajstić information content (AvgIpc) is 3.44. The first kappa shape index (κ1) is 34.0. The standard InChI is InChI=1S/C34H38ClN5O7S/c1-46-33(41)31-20-24-6-4-23(18-27(24)21-39(31)34(42)43)5-7-25-19-26(8-9-29(25)35)32-28-22-38(48(2,44)45)13-10-30(28)40(36-32)12-3-11-37-14-16-47-17-15-37/h4,6,8-9,18-19,31H,3,10-17,20-22H2,1-2H3,(H,42,43)/t31-/m0/s1. The Bertz CT molecular complexity index is 1890. The summed E-state index contributed by atoms with van der Waals surface area (Å²) in [6, 6.07) is 10.2. The van der Waals surface area contributed by atoms with Crippen LogP contribution < -0.4 is 0 Å². The molecule has 1 aromatic heterocycles. The molecule has 2 aromatic carbocycles. The lowest BCUT2D eigenvalue weighted by atomic mass is 9.92. The van der Waals surface area contributed by atoms with E-state index in [9.17, 15) is 23.1 Å². The zero-order valence-electron chi connectivity index (χ0n) is 26.9. The van der Waals surface area contributed by atoms with E-state index in [0.29, 0.717) is 34.8 Å². The Balaban J connectivity index is 1.28. The van der Waals surface area contributed by atoms with E-state index in [1.54, 1.807) is 6.07 Å². The molecule has 3 aromatic rings.